The van der Waals surface area contributed by atoms with E-state index in [-0.39, 0.29) is 11.7 Å². The van der Waals surface area contributed by atoms with Gasteiger partial charge in [-0.05, 0) is 29.9 Å². The zero-order chi connectivity index (χ0) is 15.2. The molecular weight excluding hydrogens is 282 g/mol. The topological polar surface area (TPSA) is 49.3 Å². The second kappa shape index (κ2) is 7.36. The number of thioether (sulfide) groups is 1. The van der Waals surface area contributed by atoms with Crippen LogP contribution in [-0.4, -0.2) is 23.3 Å². The number of hydrogen-bond acceptors (Lipinski definition) is 3. The molecule has 0 aromatic heterocycles. The first-order valence-electron chi connectivity index (χ1n) is 7.18. The smallest absolute Gasteiger partial charge is 0.230 e. The molecule has 2 N–H and O–H groups in total. The lowest BCUT2D eigenvalue weighted by Gasteiger charge is -2.09. The first kappa shape index (κ1) is 15.7. The van der Waals surface area contributed by atoms with Crippen molar-refractivity contribution in [3.05, 3.63) is 36.4 Å². The molecule has 0 spiro atoms. The molecule has 112 valence electrons. The van der Waals surface area contributed by atoms with Gasteiger partial charge in [0.15, 0.2) is 0 Å². The minimum absolute atomic E-state index is 0.0535. The summed E-state index contributed by atoms with van der Waals surface area (Å²) < 4.78 is 0. The van der Waals surface area contributed by atoms with E-state index in [0.717, 1.165) is 28.6 Å². The number of carbonyl (C=O) groups excluding carboxylic acids is 1. The predicted molar refractivity (Wildman–Crippen MR) is 88.8 cm³/mol. The maximum atomic E-state index is 11.8. The van der Waals surface area contributed by atoms with Crippen molar-refractivity contribution >= 4 is 28.4 Å². The van der Waals surface area contributed by atoms with Gasteiger partial charge in [-0.3, -0.25) is 4.79 Å². The van der Waals surface area contributed by atoms with E-state index in [0.29, 0.717) is 11.7 Å². The van der Waals surface area contributed by atoms with Gasteiger partial charge in [0.05, 0.1) is 5.75 Å². The molecule has 0 bridgehead atoms. The molecule has 4 heteroatoms. The molecule has 0 atom stereocenters. The molecule has 0 aliphatic heterocycles. The summed E-state index contributed by atoms with van der Waals surface area (Å²) >= 11 is 1.50. The fourth-order valence-electron chi connectivity index (χ4n) is 2.08. The normalized spacial score (nSPS) is 11.0. The highest BCUT2D eigenvalue weighted by Crippen LogP contribution is 2.33. The van der Waals surface area contributed by atoms with Crippen LogP contribution in [0.4, 0.5) is 0 Å². The van der Waals surface area contributed by atoms with Crippen molar-refractivity contribution in [2.45, 2.75) is 25.2 Å². The molecule has 0 heterocycles. The number of hydrogen-bond donors (Lipinski definition) is 2. The molecule has 0 saturated carbocycles. The largest absolute Gasteiger partial charge is 0.507 e. The zero-order valence-electron chi connectivity index (χ0n) is 12.4. The SMILES string of the molecule is CC(C)CCNC(=O)CSc1ccc(O)c2ccccc12. The standard InChI is InChI=1S/C17H21NO2S/c1-12(2)9-10-18-17(20)11-21-16-8-7-15(19)13-5-3-4-6-14(13)16/h3-8,12,19H,9-11H2,1-2H3,(H,18,20). The fraction of sp³-hybridized carbons (Fsp3) is 0.353. The van der Waals surface area contributed by atoms with E-state index in [2.05, 4.69) is 19.2 Å². The van der Waals surface area contributed by atoms with E-state index in [1.165, 1.54) is 11.8 Å². The Kier molecular flexibility index (Phi) is 5.51. The maximum absolute atomic E-state index is 11.8. The minimum atomic E-state index is 0.0535. The van der Waals surface area contributed by atoms with Crippen molar-refractivity contribution in [2.24, 2.45) is 5.92 Å². The van der Waals surface area contributed by atoms with E-state index in [9.17, 15) is 9.90 Å². The van der Waals surface area contributed by atoms with Crippen molar-refractivity contribution in [3.8, 4) is 5.75 Å². The number of rotatable bonds is 6. The Morgan fingerprint density at radius 2 is 1.90 bits per heavy atom. The van der Waals surface area contributed by atoms with Crippen LogP contribution in [0.15, 0.2) is 41.3 Å². The van der Waals surface area contributed by atoms with Crippen LogP contribution in [-0.2, 0) is 4.79 Å². The molecule has 0 saturated heterocycles. The fourth-order valence-corrected chi connectivity index (χ4v) is 2.96. The summed E-state index contributed by atoms with van der Waals surface area (Å²) in [7, 11) is 0. The Morgan fingerprint density at radius 1 is 1.19 bits per heavy atom. The molecule has 2 aromatic rings. The summed E-state index contributed by atoms with van der Waals surface area (Å²) in [6.45, 7) is 5.01. The number of phenols is 1. The van der Waals surface area contributed by atoms with Crippen LogP contribution in [0.5, 0.6) is 5.75 Å². The second-order valence-electron chi connectivity index (χ2n) is 5.45. The van der Waals surface area contributed by atoms with Gasteiger partial charge in [0.1, 0.15) is 5.75 Å². The Bertz CT molecular complexity index is 625. The number of phenolic OH excluding ortho intramolecular Hbond substituents is 1. The third-order valence-electron chi connectivity index (χ3n) is 3.26. The van der Waals surface area contributed by atoms with E-state index in [4.69, 9.17) is 0 Å². The van der Waals surface area contributed by atoms with Gasteiger partial charge in [-0.1, -0.05) is 38.1 Å². The Labute approximate surface area is 129 Å². The number of aromatic hydroxyl groups is 1. The van der Waals surface area contributed by atoms with Gasteiger partial charge >= 0.3 is 0 Å². The van der Waals surface area contributed by atoms with Crippen LogP contribution in [0, 0.1) is 5.92 Å². The highest BCUT2D eigenvalue weighted by molar-refractivity contribution is 8.00. The molecular formula is C17H21NO2S. The number of nitrogens with one attached hydrogen (secondary N) is 1. The van der Waals surface area contributed by atoms with Gasteiger partial charge in [0, 0.05) is 16.8 Å². The predicted octanol–water partition coefficient (Wildman–Crippen LogP) is 3.80. The van der Waals surface area contributed by atoms with E-state index in [1.54, 1.807) is 6.07 Å². The van der Waals surface area contributed by atoms with Crippen molar-refractivity contribution in [3.63, 3.8) is 0 Å². The third kappa shape index (κ3) is 4.39. The van der Waals surface area contributed by atoms with Crippen LogP contribution >= 0.6 is 11.8 Å². The molecule has 1 amide bonds. The average Bonchev–Trinajstić information content (AvgIpc) is 2.46. The number of fused-ring (bicyclic) bond motifs is 1. The highest BCUT2D eigenvalue weighted by atomic mass is 32.2. The van der Waals surface area contributed by atoms with Crippen LogP contribution < -0.4 is 5.32 Å². The van der Waals surface area contributed by atoms with Gasteiger partial charge in [0.2, 0.25) is 5.91 Å². The van der Waals surface area contributed by atoms with E-state index >= 15 is 0 Å². The summed E-state index contributed by atoms with van der Waals surface area (Å²) in [4.78, 5) is 12.8. The van der Waals surface area contributed by atoms with Gasteiger partial charge in [0.25, 0.3) is 0 Å². The van der Waals surface area contributed by atoms with E-state index in [1.807, 2.05) is 30.3 Å². The first-order valence-corrected chi connectivity index (χ1v) is 8.16. The summed E-state index contributed by atoms with van der Waals surface area (Å²) in [5.41, 5.74) is 0. The summed E-state index contributed by atoms with van der Waals surface area (Å²) in [5, 5.41) is 14.6. The minimum Gasteiger partial charge on any atom is -0.507 e. The molecule has 2 aromatic carbocycles. The maximum Gasteiger partial charge on any atom is 0.230 e. The summed E-state index contributed by atoms with van der Waals surface area (Å²) in [6, 6.07) is 11.2. The van der Waals surface area contributed by atoms with Gasteiger partial charge in [-0.25, -0.2) is 0 Å². The molecule has 0 aliphatic carbocycles. The molecule has 2 rings (SSSR count). The van der Waals surface area contributed by atoms with Crippen LogP contribution in [0.25, 0.3) is 10.8 Å². The van der Waals surface area contributed by atoms with Gasteiger partial charge in [-0.15, -0.1) is 11.8 Å². The van der Waals surface area contributed by atoms with Crippen molar-refractivity contribution < 1.29 is 9.90 Å². The molecule has 0 fully saturated rings. The summed E-state index contributed by atoms with van der Waals surface area (Å²) in [5.74, 6) is 1.32. The van der Waals surface area contributed by atoms with Gasteiger partial charge in [-0.2, -0.15) is 0 Å². The highest BCUT2D eigenvalue weighted by Gasteiger charge is 2.08. The van der Waals surface area contributed by atoms with Crippen LogP contribution in [0.3, 0.4) is 0 Å². The molecule has 0 aliphatic rings. The van der Waals surface area contributed by atoms with Gasteiger partial charge < -0.3 is 10.4 Å². The lowest BCUT2D eigenvalue weighted by molar-refractivity contribution is -0.118. The Balaban J connectivity index is 1.98. The van der Waals surface area contributed by atoms with Crippen LogP contribution in [0.1, 0.15) is 20.3 Å². The third-order valence-corrected chi connectivity index (χ3v) is 4.34. The molecule has 0 radical (unpaired) electrons. The second-order valence-corrected chi connectivity index (χ2v) is 6.47. The Morgan fingerprint density at radius 3 is 2.62 bits per heavy atom. The first-order chi connectivity index (χ1) is 10.1. The zero-order valence-corrected chi connectivity index (χ0v) is 13.2. The number of carbonyl (C=O) groups is 1. The number of amides is 1. The molecule has 3 nitrogen and oxygen atoms in total. The van der Waals surface area contributed by atoms with Crippen molar-refractivity contribution in [2.75, 3.05) is 12.3 Å². The van der Waals surface area contributed by atoms with Crippen molar-refractivity contribution in [1.82, 2.24) is 5.32 Å². The van der Waals surface area contributed by atoms with Crippen LogP contribution in [0.2, 0.25) is 0 Å². The van der Waals surface area contributed by atoms with Crippen molar-refractivity contribution in [1.29, 1.82) is 0 Å². The number of benzene rings is 2. The monoisotopic (exact) mass is 303 g/mol. The molecule has 0 unspecified atom stereocenters. The Hall–Kier alpha value is -1.68. The average molecular weight is 303 g/mol. The quantitative estimate of drug-likeness (QED) is 0.798. The van der Waals surface area contributed by atoms with E-state index < -0.39 is 0 Å². The lowest BCUT2D eigenvalue weighted by Crippen LogP contribution is -2.26. The lowest BCUT2D eigenvalue weighted by atomic mass is 10.1. The summed E-state index contributed by atoms with van der Waals surface area (Å²) in [6.07, 6.45) is 0.999. The molecule has 21 heavy (non-hydrogen) atoms.